The van der Waals surface area contributed by atoms with Gasteiger partial charge in [-0.05, 0) is 30.0 Å². The molecular formula is C23H34N6O. The fourth-order valence-electron chi connectivity index (χ4n) is 4.24. The number of rotatable bonds is 6. The van der Waals surface area contributed by atoms with Crippen LogP contribution >= 0.6 is 0 Å². The number of nitrogens with zero attached hydrogens (tertiary/aromatic N) is 5. The van der Waals surface area contributed by atoms with E-state index in [1.807, 2.05) is 17.9 Å². The second-order valence-corrected chi connectivity index (χ2v) is 8.25. The zero-order valence-electron chi connectivity index (χ0n) is 18.3. The lowest BCUT2D eigenvalue weighted by Gasteiger charge is -2.26. The number of benzene rings is 1. The molecule has 2 fully saturated rings. The maximum Gasteiger partial charge on any atom is 0.194 e. The van der Waals surface area contributed by atoms with Gasteiger partial charge >= 0.3 is 0 Å². The summed E-state index contributed by atoms with van der Waals surface area (Å²) in [6.45, 7) is 10.5. The van der Waals surface area contributed by atoms with Crippen LogP contribution in [0.1, 0.15) is 36.0 Å². The Balaban J connectivity index is 1.34. The smallest absolute Gasteiger partial charge is 0.194 e. The summed E-state index contributed by atoms with van der Waals surface area (Å²) in [5.74, 6) is 1.54. The second-order valence-electron chi connectivity index (χ2n) is 8.25. The van der Waals surface area contributed by atoms with Gasteiger partial charge in [0.1, 0.15) is 0 Å². The number of likely N-dealkylation sites (tertiary alicyclic amines) is 1. The number of hydrogen-bond donors (Lipinski definition) is 1. The van der Waals surface area contributed by atoms with Gasteiger partial charge in [0.25, 0.3) is 0 Å². The number of ether oxygens (including phenoxy) is 1. The Morgan fingerprint density at radius 3 is 2.63 bits per heavy atom. The summed E-state index contributed by atoms with van der Waals surface area (Å²) in [6, 6.07) is 8.90. The van der Waals surface area contributed by atoms with Crippen LogP contribution in [0, 0.1) is 0 Å². The largest absolute Gasteiger partial charge is 0.379 e. The minimum atomic E-state index is 0.530. The van der Waals surface area contributed by atoms with E-state index in [2.05, 4.69) is 57.6 Å². The van der Waals surface area contributed by atoms with E-state index in [1.165, 1.54) is 16.7 Å². The molecule has 0 radical (unpaired) electrons. The molecule has 2 aliphatic heterocycles. The molecule has 0 aliphatic carbocycles. The lowest BCUT2D eigenvalue weighted by molar-refractivity contribution is 0.0342. The Morgan fingerprint density at radius 1 is 1.17 bits per heavy atom. The van der Waals surface area contributed by atoms with Crippen LogP contribution in [0.2, 0.25) is 0 Å². The number of aromatic nitrogens is 2. The number of morpholine rings is 1. The molecule has 0 spiro atoms. The highest BCUT2D eigenvalue weighted by Crippen LogP contribution is 2.26. The van der Waals surface area contributed by atoms with Crippen molar-refractivity contribution in [3.8, 4) is 0 Å². The van der Waals surface area contributed by atoms with Crippen LogP contribution in [-0.4, -0.2) is 71.5 Å². The van der Waals surface area contributed by atoms with E-state index in [0.717, 1.165) is 64.9 Å². The van der Waals surface area contributed by atoms with E-state index in [9.17, 15) is 0 Å². The molecule has 1 atom stereocenters. The zero-order chi connectivity index (χ0) is 20.8. The van der Waals surface area contributed by atoms with Gasteiger partial charge in [0.2, 0.25) is 0 Å². The molecular weight excluding hydrogens is 376 g/mol. The minimum Gasteiger partial charge on any atom is -0.379 e. The average Bonchev–Trinajstić information content (AvgIpc) is 3.42. The van der Waals surface area contributed by atoms with Crippen LogP contribution in [0.15, 0.2) is 41.7 Å². The Labute approximate surface area is 179 Å². The van der Waals surface area contributed by atoms with Gasteiger partial charge in [-0.25, -0.2) is 4.99 Å². The van der Waals surface area contributed by atoms with Crippen LogP contribution in [0.3, 0.4) is 0 Å². The molecule has 1 aromatic carbocycles. The highest BCUT2D eigenvalue weighted by molar-refractivity contribution is 5.80. The van der Waals surface area contributed by atoms with E-state index >= 15 is 0 Å². The lowest BCUT2D eigenvalue weighted by Crippen LogP contribution is -2.40. The predicted octanol–water partition coefficient (Wildman–Crippen LogP) is 2.21. The van der Waals surface area contributed by atoms with Crippen molar-refractivity contribution in [2.24, 2.45) is 12.0 Å². The molecule has 2 aliphatic rings. The second kappa shape index (κ2) is 10.1. The standard InChI is InChI=1S/C23H34N6O/c1-3-24-23(29-9-8-21(18-29)22-15-26-27(2)17-22)25-14-19-4-6-20(7-5-19)16-28-10-12-30-13-11-28/h4-7,15,17,21H,3,8-14,16,18H2,1-2H3,(H,24,25). The first kappa shape index (κ1) is 20.9. The summed E-state index contributed by atoms with van der Waals surface area (Å²) >= 11 is 0. The summed E-state index contributed by atoms with van der Waals surface area (Å²) in [4.78, 5) is 9.76. The molecule has 7 heteroatoms. The van der Waals surface area contributed by atoms with Crippen molar-refractivity contribution < 1.29 is 4.74 Å². The molecule has 1 aromatic heterocycles. The molecule has 1 unspecified atom stereocenters. The molecule has 0 bridgehead atoms. The summed E-state index contributed by atoms with van der Waals surface area (Å²) in [5.41, 5.74) is 3.93. The molecule has 1 N–H and O–H groups in total. The first-order valence-electron chi connectivity index (χ1n) is 11.1. The maximum atomic E-state index is 5.44. The van der Waals surface area contributed by atoms with Crippen molar-refractivity contribution in [2.45, 2.75) is 32.4 Å². The summed E-state index contributed by atoms with van der Waals surface area (Å²) in [5, 5.41) is 7.80. The fourth-order valence-corrected chi connectivity index (χ4v) is 4.24. The van der Waals surface area contributed by atoms with Crippen LogP contribution < -0.4 is 5.32 Å². The van der Waals surface area contributed by atoms with Crippen molar-refractivity contribution in [1.29, 1.82) is 0 Å². The van der Waals surface area contributed by atoms with Crippen LogP contribution in [-0.2, 0) is 24.9 Å². The summed E-state index contributed by atoms with van der Waals surface area (Å²) < 4.78 is 7.32. The van der Waals surface area contributed by atoms with Crippen molar-refractivity contribution in [1.82, 2.24) is 24.9 Å². The van der Waals surface area contributed by atoms with Crippen LogP contribution in [0.5, 0.6) is 0 Å². The van der Waals surface area contributed by atoms with Gasteiger partial charge in [-0.1, -0.05) is 24.3 Å². The average molecular weight is 411 g/mol. The summed E-state index contributed by atoms with van der Waals surface area (Å²) in [7, 11) is 1.98. The van der Waals surface area contributed by atoms with Crippen molar-refractivity contribution in [2.75, 3.05) is 45.9 Å². The minimum absolute atomic E-state index is 0.530. The third kappa shape index (κ3) is 5.40. The number of nitrogens with one attached hydrogen (secondary N) is 1. The Morgan fingerprint density at radius 2 is 1.93 bits per heavy atom. The van der Waals surface area contributed by atoms with Crippen molar-refractivity contribution >= 4 is 5.96 Å². The van der Waals surface area contributed by atoms with Gasteiger partial charge in [-0.2, -0.15) is 5.10 Å². The first-order valence-corrected chi connectivity index (χ1v) is 11.1. The topological polar surface area (TPSA) is 57.9 Å². The Kier molecular flexibility index (Phi) is 7.02. The highest BCUT2D eigenvalue weighted by atomic mass is 16.5. The number of hydrogen-bond acceptors (Lipinski definition) is 4. The zero-order valence-corrected chi connectivity index (χ0v) is 18.3. The molecule has 2 aromatic rings. The van der Waals surface area contributed by atoms with Gasteiger partial charge in [0.05, 0.1) is 26.0 Å². The SMILES string of the molecule is CCNC(=NCc1ccc(CN2CCOCC2)cc1)N1CCC(c2cnn(C)c2)C1. The molecule has 0 saturated carbocycles. The van der Waals surface area contributed by atoms with E-state index in [1.54, 1.807) is 0 Å². The van der Waals surface area contributed by atoms with Gasteiger partial charge in [0.15, 0.2) is 5.96 Å². The van der Waals surface area contributed by atoms with E-state index in [0.29, 0.717) is 12.5 Å². The number of guanidine groups is 1. The van der Waals surface area contributed by atoms with E-state index in [4.69, 9.17) is 9.73 Å². The van der Waals surface area contributed by atoms with Gasteiger partial charge in [0, 0.05) is 58.4 Å². The molecule has 2 saturated heterocycles. The quantitative estimate of drug-likeness (QED) is 0.585. The maximum absolute atomic E-state index is 5.44. The van der Waals surface area contributed by atoms with Gasteiger partial charge in [-0.3, -0.25) is 9.58 Å². The third-order valence-electron chi connectivity index (χ3n) is 5.96. The Bertz CT molecular complexity index is 824. The van der Waals surface area contributed by atoms with Crippen LogP contribution in [0.25, 0.3) is 0 Å². The third-order valence-corrected chi connectivity index (χ3v) is 5.96. The molecule has 4 rings (SSSR count). The highest BCUT2D eigenvalue weighted by Gasteiger charge is 2.26. The molecule has 30 heavy (non-hydrogen) atoms. The van der Waals surface area contributed by atoms with Gasteiger partial charge < -0.3 is 15.0 Å². The number of aryl methyl sites for hydroxylation is 1. The molecule has 3 heterocycles. The Hall–Kier alpha value is -2.38. The van der Waals surface area contributed by atoms with Gasteiger partial charge in [-0.15, -0.1) is 0 Å². The lowest BCUT2D eigenvalue weighted by atomic mass is 10.0. The molecule has 0 amide bonds. The van der Waals surface area contributed by atoms with E-state index in [-0.39, 0.29) is 0 Å². The van der Waals surface area contributed by atoms with Crippen molar-refractivity contribution in [3.63, 3.8) is 0 Å². The monoisotopic (exact) mass is 410 g/mol. The van der Waals surface area contributed by atoms with E-state index < -0.39 is 0 Å². The molecule has 162 valence electrons. The van der Waals surface area contributed by atoms with Crippen molar-refractivity contribution in [3.05, 3.63) is 53.3 Å². The first-order chi connectivity index (χ1) is 14.7. The fraction of sp³-hybridized carbons (Fsp3) is 0.565. The predicted molar refractivity (Wildman–Crippen MR) is 119 cm³/mol. The normalized spacial score (nSPS) is 20.7. The van der Waals surface area contributed by atoms with Crippen LogP contribution in [0.4, 0.5) is 0 Å². The molecule has 7 nitrogen and oxygen atoms in total. The number of aliphatic imine (C=N–C) groups is 1. The summed E-state index contributed by atoms with van der Waals surface area (Å²) in [6.07, 6.45) is 5.28.